The fourth-order valence-electron chi connectivity index (χ4n) is 10.2. The molecule has 4 aromatic carbocycles. The molecule has 0 saturated carbocycles. The normalized spacial score (nSPS) is 17.2. The summed E-state index contributed by atoms with van der Waals surface area (Å²) in [7, 11) is 0. The Morgan fingerprint density at radius 3 is 2.19 bits per heavy atom. The standard InChI is InChI=1S/C58H71N7O9S/c1-37-47(67)29-48(68)51(52(37)74-35-40-13-9-8-10-14-40)56(72)64-32-43-22-19-41(27-44(43)33-64)31-62-23-25-63(26-24-62)50(70)16-12-7-6-11-15-49(69)61-54(58(3,4)5)57(73)65-34-45(66)28-46(65)55(71)59-30-39-17-20-42(21-18-39)53-38(2)60-36-75-53/h8-10,13-14,17-22,27,29,36,45-46,54,66-68H,6-7,11-12,15-16,23-26,28,30-35H2,1-5H3,(H,59,71)(H,61,69)/t45-,46+,54-/m1/s1. The van der Waals surface area contributed by atoms with Crippen molar-refractivity contribution < 1.29 is 44.0 Å². The van der Waals surface area contributed by atoms with Crippen molar-refractivity contribution in [1.29, 1.82) is 0 Å². The molecule has 5 amide bonds. The van der Waals surface area contributed by atoms with Crippen molar-refractivity contribution in [3.8, 4) is 27.7 Å². The van der Waals surface area contributed by atoms with Crippen LogP contribution in [-0.2, 0) is 52.0 Å². The Kier molecular flexibility index (Phi) is 17.6. The summed E-state index contributed by atoms with van der Waals surface area (Å²) in [6.07, 6.45) is 2.77. The summed E-state index contributed by atoms with van der Waals surface area (Å²) in [5, 5.41) is 37.9. The summed E-state index contributed by atoms with van der Waals surface area (Å²) in [5.41, 5.74) is 8.55. The molecule has 0 bridgehead atoms. The van der Waals surface area contributed by atoms with E-state index in [0.29, 0.717) is 57.5 Å². The number of phenols is 2. The van der Waals surface area contributed by atoms with Gasteiger partial charge >= 0.3 is 0 Å². The zero-order chi connectivity index (χ0) is 53.4. The number of aromatic hydroxyl groups is 2. The van der Waals surface area contributed by atoms with Gasteiger partial charge < -0.3 is 45.4 Å². The van der Waals surface area contributed by atoms with Gasteiger partial charge in [0.15, 0.2) is 0 Å². The van der Waals surface area contributed by atoms with E-state index < -0.39 is 29.5 Å². The summed E-state index contributed by atoms with van der Waals surface area (Å²) in [6.45, 7) is 13.9. The Balaban J connectivity index is 0.730. The monoisotopic (exact) mass is 1040 g/mol. The molecule has 398 valence electrons. The van der Waals surface area contributed by atoms with E-state index in [1.165, 1.54) is 11.0 Å². The number of thiazole rings is 1. The maximum absolute atomic E-state index is 14.1. The van der Waals surface area contributed by atoms with Gasteiger partial charge in [-0.3, -0.25) is 28.9 Å². The van der Waals surface area contributed by atoms with E-state index >= 15 is 0 Å². The third-order valence-electron chi connectivity index (χ3n) is 14.6. The third kappa shape index (κ3) is 13.5. The highest BCUT2D eigenvalue weighted by atomic mass is 32.1. The van der Waals surface area contributed by atoms with Crippen molar-refractivity contribution in [2.24, 2.45) is 5.41 Å². The van der Waals surface area contributed by atoms with Crippen LogP contribution < -0.4 is 15.4 Å². The fraction of sp³-hybridized carbons (Fsp3) is 0.448. The molecule has 1 aromatic heterocycles. The summed E-state index contributed by atoms with van der Waals surface area (Å²) >= 11 is 1.57. The van der Waals surface area contributed by atoms with E-state index in [1.807, 2.05) is 92.7 Å². The number of unbranched alkanes of at least 4 members (excludes halogenated alkanes) is 3. The lowest BCUT2D eigenvalue weighted by Gasteiger charge is -2.35. The number of hydrogen-bond acceptors (Lipinski definition) is 12. The number of carbonyl (C=O) groups excluding carboxylic acids is 5. The van der Waals surface area contributed by atoms with Crippen LogP contribution in [-0.4, -0.2) is 120 Å². The van der Waals surface area contributed by atoms with Gasteiger partial charge in [-0.05, 0) is 65.5 Å². The first-order valence-corrected chi connectivity index (χ1v) is 27.0. The fourth-order valence-corrected chi connectivity index (χ4v) is 11.0. The molecule has 75 heavy (non-hydrogen) atoms. The number of carbonyl (C=O) groups is 5. The number of amides is 5. The van der Waals surface area contributed by atoms with Crippen LogP contribution in [0.4, 0.5) is 0 Å². The molecule has 3 atom stereocenters. The Morgan fingerprint density at radius 2 is 1.49 bits per heavy atom. The van der Waals surface area contributed by atoms with Crippen LogP contribution >= 0.6 is 11.3 Å². The SMILES string of the molecule is Cc1ncsc1-c1ccc(CNC(=O)[C@@H]2C[C@@H](O)CN2C(=O)[C@@H](NC(=O)CCCCCCC(=O)N2CCN(Cc3ccc4c(c3)CN(C(=O)c3c(O)cc(O)c(C)c3OCc3ccccc3)C4)CC2)C(C)(C)C)cc1. The number of aliphatic hydroxyl groups excluding tert-OH is 1. The smallest absolute Gasteiger partial charge is 0.262 e. The highest BCUT2D eigenvalue weighted by molar-refractivity contribution is 7.13. The van der Waals surface area contributed by atoms with Crippen molar-refractivity contribution in [3.63, 3.8) is 0 Å². The number of nitrogens with one attached hydrogen (secondary N) is 2. The van der Waals surface area contributed by atoms with E-state index in [-0.39, 0.29) is 79.0 Å². The third-order valence-corrected chi connectivity index (χ3v) is 15.6. The summed E-state index contributed by atoms with van der Waals surface area (Å²) in [5.74, 6) is -1.59. The number of β-amino-alcohol motifs (C(OH)–C–C–N with tert-alkyl or cyclic N) is 1. The maximum atomic E-state index is 14.1. The Bertz CT molecular complexity index is 2840. The van der Waals surface area contributed by atoms with Gasteiger partial charge in [0, 0.05) is 89.8 Å². The number of benzene rings is 4. The van der Waals surface area contributed by atoms with Gasteiger partial charge in [0.05, 0.1) is 22.2 Å². The van der Waals surface area contributed by atoms with E-state index in [0.717, 1.165) is 69.9 Å². The minimum atomic E-state index is -0.899. The first kappa shape index (κ1) is 54.4. The molecular weight excluding hydrogens is 971 g/mol. The molecule has 0 unspecified atom stereocenters. The van der Waals surface area contributed by atoms with Crippen LogP contribution in [0.15, 0.2) is 84.4 Å². The van der Waals surface area contributed by atoms with Crippen LogP contribution in [0.2, 0.25) is 0 Å². The maximum Gasteiger partial charge on any atom is 0.262 e. The number of ether oxygens (including phenoxy) is 1. The van der Waals surface area contributed by atoms with Crippen molar-refractivity contribution in [2.75, 3.05) is 32.7 Å². The zero-order valence-corrected chi connectivity index (χ0v) is 44.6. The van der Waals surface area contributed by atoms with Crippen LogP contribution in [0.25, 0.3) is 10.4 Å². The van der Waals surface area contributed by atoms with Crippen molar-refractivity contribution in [2.45, 2.75) is 131 Å². The minimum absolute atomic E-state index is 0.00388. The number of rotatable bonds is 19. The van der Waals surface area contributed by atoms with E-state index in [2.05, 4.69) is 38.7 Å². The van der Waals surface area contributed by atoms with Gasteiger partial charge in [-0.2, -0.15) is 0 Å². The second-order valence-electron chi connectivity index (χ2n) is 21.3. The number of piperazine rings is 1. The van der Waals surface area contributed by atoms with Gasteiger partial charge in [0.1, 0.15) is 41.5 Å². The molecule has 5 N–H and O–H groups in total. The quantitative estimate of drug-likeness (QED) is 0.0517. The molecule has 3 aliphatic heterocycles. The number of likely N-dealkylation sites (tertiary alicyclic amines) is 1. The molecule has 16 nitrogen and oxygen atoms in total. The van der Waals surface area contributed by atoms with Crippen molar-refractivity contribution >= 4 is 40.9 Å². The second kappa shape index (κ2) is 24.2. The predicted molar refractivity (Wildman–Crippen MR) is 287 cm³/mol. The predicted octanol–water partition coefficient (Wildman–Crippen LogP) is 7.37. The molecule has 0 spiro atoms. The molecule has 17 heteroatoms. The lowest BCUT2D eigenvalue weighted by Crippen LogP contribution is -2.57. The number of aromatic nitrogens is 1. The number of fused-ring (bicyclic) bond motifs is 1. The van der Waals surface area contributed by atoms with E-state index in [4.69, 9.17) is 4.74 Å². The van der Waals surface area contributed by atoms with Crippen LogP contribution in [0.5, 0.6) is 17.2 Å². The highest BCUT2D eigenvalue weighted by Crippen LogP contribution is 2.40. The lowest BCUT2D eigenvalue weighted by atomic mass is 9.85. The summed E-state index contributed by atoms with van der Waals surface area (Å²) in [6, 6.07) is 23.1. The number of nitrogens with zero attached hydrogens (tertiary/aromatic N) is 5. The topological polar surface area (TPSA) is 205 Å². The zero-order valence-electron chi connectivity index (χ0n) is 43.8. The average Bonchev–Trinajstić information content (AvgIpc) is 4.14. The van der Waals surface area contributed by atoms with Gasteiger partial charge in [-0.25, -0.2) is 4.98 Å². The Hall–Kier alpha value is -6.82. The molecule has 2 fully saturated rings. The first-order chi connectivity index (χ1) is 35.9. The van der Waals surface area contributed by atoms with Crippen LogP contribution in [0.1, 0.15) is 115 Å². The second-order valence-corrected chi connectivity index (χ2v) is 22.2. The molecule has 8 rings (SSSR count). The number of hydrogen-bond donors (Lipinski definition) is 5. The summed E-state index contributed by atoms with van der Waals surface area (Å²) < 4.78 is 6.07. The van der Waals surface area contributed by atoms with E-state index in [1.54, 1.807) is 23.2 Å². The van der Waals surface area contributed by atoms with Gasteiger partial charge in [0.2, 0.25) is 23.6 Å². The molecular formula is C58H71N7O9S. The lowest BCUT2D eigenvalue weighted by molar-refractivity contribution is -0.144. The highest BCUT2D eigenvalue weighted by Gasteiger charge is 2.44. The average molecular weight is 1040 g/mol. The molecule has 2 saturated heterocycles. The van der Waals surface area contributed by atoms with E-state index in [9.17, 15) is 39.3 Å². The molecule has 0 radical (unpaired) electrons. The summed E-state index contributed by atoms with van der Waals surface area (Å²) in [4.78, 5) is 80.8. The number of phenolic OH excluding ortho intramolecular Hbond substituents is 2. The van der Waals surface area contributed by atoms with Crippen LogP contribution in [0.3, 0.4) is 0 Å². The van der Waals surface area contributed by atoms with Gasteiger partial charge in [-0.1, -0.05) is 106 Å². The Labute approximate surface area is 443 Å². The van der Waals surface area contributed by atoms with Crippen molar-refractivity contribution in [1.82, 2.24) is 35.2 Å². The number of aliphatic hydroxyl groups is 1. The number of aryl methyl sites for hydroxylation is 1. The van der Waals surface area contributed by atoms with Gasteiger partial charge in [0.25, 0.3) is 5.91 Å². The molecule has 4 heterocycles. The minimum Gasteiger partial charge on any atom is -0.507 e. The van der Waals surface area contributed by atoms with Crippen molar-refractivity contribution in [3.05, 3.63) is 129 Å². The van der Waals surface area contributed by atoms with Crippen LogP contribution in [0, 0.1) is 19.3 Å². The first-order valence-electron chi connectivity index (χ1n) is 26.1. The molecule has 3 aliphatic rings. The Morgan fingerprint density at radius 1 is 0.800 bits per heavy atom. The molecule has 5 aromatic rings. The largest absolute Gasteiger partial charge is 0.507 e. The molecule has 0 aliphatic carbocycles. The van der Waals surface area contributed by atoms with Gasteiger partial charge in [-0.15, -0.1) is 11.3 Å².